The number of fused-ring (bicyclic) bond motifs is 1. The highest BCUT2D eigenvalue weighted by atomic mass is 35.5. The molecule has 0 amide bonds. The molecule has 2 rings (SSSR count). The fourth-order valence-corrected chi connectivity index (χ4v) is 3.39. The summed E-state index contributed by atoms with van der Waals surface area (Å²) in [4.78, 5) is 39.1. The number of ether oxygens (including phenoxy) is 3. The second-order valence-corrected chi connectivity index (χ2v) is 7.99. The summed E-state index contributed by atoms with van der Waals surface area (Å²) in [6.45, 7) is 7.89. The van der Waals surface area contributed by atoms with Crippen molar-refractivity contribution in [1.82, 2.24) is 0 Å². The predicted octanol–water partition coefficient (Wildman–Crippen LogP) is 2.62. The van der Waals surface area contributed by atoms with E-state index in [0.29, 0.717) is 5.69 Å². The molecule has 1 aliphatic rings. The van der Waals surface area contributed by atoms with Gasteiger partial charge in [-0.05, 0) is 52.8 Å². The molecule has 0 fully saturated rings. The normalized spacial score (nSPS) is 20.1. The number of aliphatic hydroxyl groups is 1. The van der Waals surface area contributed by atoms with Crippen LogP contribution in [0.15, 0.2) is 18.2 Å². The predicted molar refractivity (Wildman–Crippen MR) is 105 cm³/mol. The van der Waals surface area contributed by atoms with Crippen LogP contribution in [0.5, 0.6) is 0 Å². The van der Waals surface area contributed by atoms with Crippen molar-refractivity contribution in [1.29, 1.82) is 0 Å². The van der Waals surface area contributed by atoms with E-state index in [9.17, 15) is 19.5 Å². The van der Waals surface area contributed by atoms with Crippen LogP contribution in [-0.2, 0) is 28.6 Å². The van der Waals surface area contributed by atoms with Crippen molar-refractivity contribution < 1.29 is 33.7 Å². The first-order valence-corrected chi connectivity index (χ1v) is 9.68. The number of esters is 3. The first-order chi connectivity index (χ1) is 13.5. The maximum absolute atomic E-state index is 13.1. The maximum Gasteiger partial charge on any atom is 0.331 e. The number of anilines is 1. The molecular formula is C20H26ClNO7. The Bertz CT molecular complexity index is 785. The zero-order chi connectivity index (χ0) is 22.0. The summed E-state index contributed by atoms with van der Waals surface area (Å²) >= 11 is 6.04. The summed E-state index contributed by atoms with van der Waals surface area (Å²) in [5, 5.41) is 14.3. The molecule has 0 bridgehead atoms. The highest BCUT2D eigenvalue weighted by Crippen LogP contribution is 2.48. The lowest BCUT2D eigenvalue weighted by Crippen LogP contribution is -2.63. The molecule has 0 aliphatic carbocycles. The largest absolute Gasteiger partial charge is 0.465 e. The Labute approximate surface area is 174 Å². The number of halogens is 1. The van der Waals surface area contributed by atoms with E-state index in [1.807, 2.05) is 0 Å². The van der Waals surface area contributed by atoms with Crippen LogP contribution in [0.3, 0.4) is 0 Å². The van der Waals surface area contributed by atoms with Crippen molar-refractivity contribution in [3.8, 4) is 0 Å². The first-order valence-electron chi connectivity index (χ1n) is 9.30. The summed E-state index contributed by atoms with van der Waals surface area (Å²) in [5.41, 5.74) is -2.81. The van der Waals surface area contributed by atoms with Gasteiger partial charge < -0.3 is 24.6 Å². The zero-order valence-corrected chi connectivity index (χ0v) is 17.8. The van der Waals surface area contributed by atoms with E-state index in [2.05, 4.69) is 5.32 Å². The van der Waals surface area contributed by atoms with Crippen LogP contribution in [0.4, 0.5) is 5.69 Å². The van der Waals surface area contributed by atoms with E-state index in [4.69, 9.17) is 25.8 Å². The molecule has 1 aromatic carbocycles. The minimum atomic E-state index is -2.41. The van der Waals surface area contributed by atoms with E-state index in [1.54, 1.807) is 46.8 Å². The molecule has 29 heavy (non-hydrogen) atoms. The molecule has 9 heteroatoms. The molecule has 2 atom stereocenters. The smallest absolute Gasteiger partial charge is 0.331 e. The second kappa shape index (κ2) is 8.59. The van der Waals surface area contributed by atoms with Crippen LogP contribution in [0, 0.1) is 5.41 Å². The van der Waals surface area contributed by atoms with E-state index in [0.717, 1.165) is 0 Å². The fourth-order valence-electron chi connectivity index (χ4n) is 3.21. The lowest BCUT2D eigenvalue weighted by atomic mass is 9.69. The quantitative estimate of drug-likeness (QED) is 0.419. The van der Waals surface area contributed by atoms with Crippen LogP contribution in [0.25, 0.3) is 0 Å². The summed E-state index contributed by atoms with van der Waals surface area (Å²) in [5.74, 6) is -3.10. The number of hydrogen-bond acceptors (Lipinski definition) is 8. The lowest BCUT2D eigenvalue weighted by molar-refractivity contribution is -0.191. The molecule has 0 radical (unpaired) electrons. The Morgan fingerprint density at radius 3 is 2.17 bits per heavy atom. The maximum atomic E-state index is 13.1. The standard InChI is InChI=1S/C20H26ClNO7/c1-6-27-17(25)20(18(26)28-7-2)14(16(24)29-19(3,4)5)22-13-9-8-11(21)10-12(13)15(20)23/h8-10,14-15,22-23H,6-7H2,1-5H3/t14-,15-/m1/s1. The van der Waals surface area contributed by atoms with Crippen molar-refractivity contribution in [2.24, 2.45) is 5.41 Å². The van der Waals surface area contributed by atoms with Crippen LogP contribution in [-0.4, -0.2) is 47.9 Å². The van der Waals surface area contributed by atoms with Crippen LogP contribution < -0.4 is 5.32 Å². The van der Waals surface area contributed by atoms with Crippen molar-refractivity contribution in [3.05, 3.63) is 28.8 Å². The Hall–Kier alpha value is -2.32. The van der Waals surface area contributed by atoms with E-state index < -0.39 is 41.1 Å². The minimum absolute atomic E-state index is 0.0733. The molecule has 1 heterocycles. The number of carbonyl (C=O) groups is 3. The van der Waals surface area contributed by atoms with E-state index in [-0.39, 0.29) is 23.8 Å². The Morgan fingerprint density at radius 2 is 1.69 bits per heavy atom. The molecule has 0 spiro atoms. The average Bonchev–Trinajstić information content (AvgIpc) is 2.61. The number of hydrogen-bond donors (Lipinski definition) is 2. The van der Waals surface area contributed by atoms with E-state index in [1.165, 1.54) is 6.07 Å². The Balaban J connectivity index is 2.73. The highest BCUT2D eigenvalue weighted by Gasteiger charge is 2.66. The van der Waals surface area contributed by atoms with Gasteiger partial charge in [0.05, 0.1) is 13.2 Å². The van der Waals surface area contributed by atoms with Crippen molar-refractivity contribution in [3.63, 3.8) is 0 Å². The number of benzene rings is 1. The highest BCUT2D eigenvalue weighted by molar-refractivity contribution is 6.30. The van der Waals surface area contributed by atoms with Crippen LogP contribution in [0.1, 0.15) is 46.3 Å². The third kappa shape index (κ3) is 4.33. The summed E-state index contributed by atoms with van der Waals surface area (Å²) in [6, 6.07) is 2.92. The SMILES string of the molecule is CCOC(=O)C1(C(=O)OCC)[C@@H](C(=O)OC(C)(C)C)Nc2ccc(Cl)cc2[C@H]1O. The summed E-state index contributed by atoms with van der Waals surface area (Å²) in [7, 11) is 0. The van der Waals surface area contributed by atoms with Crippen LogP contribution in [0.2, 0.25) is 5.02 Å². The van der Waals surface area contributed by atoms with Gasteiger partial charge in [-0.3, -0.25) is 9.59 Å². The topological polar surface area (TPSA) is 111 Å². The minimum Gasteiger partial charge on any atom is -0.465 e. The molecule has 0 unspecified atom stereocenters. The van der Waals surface area contributed by atoms with Crippen LogP contribution >= 0.6 is 11.6 Å². The fraction of sp³-hybridized carbons (Fsp3) is 0.550. The molecule has 2 N–H and O–H groups in total. The van der Waals surface area contributed by atoms with Gasteiger partial charge in [-0.2, -0.15) is 0 Å². The van der Waals surface area contributed by atoms with Gasteiger partial charge in [0, 0.05) is 16.3 Å². The number of rotatable bonds is 5. The first kappa shape index (κ1) is 23.0. The van der Waals surface area contributed by atoms with Gasteiger partial charge in [-0.1, -0.05) is 11.6 Å². The zero-order valence-electron chi connectivity index (χ0n) is 17.1. The van der Waals surface area contributed by atoms with E-state index >= 15 is 0 Å². The number of carbonyl (C=O) groups excluding carboxylic acids is 3. The molecule has 0 saturated heterocycles. The molecular weight excluding hydrogens is 402 g/mol. The molecule has 160 valence electrons. The molecule has 8 nitrogen and oxygen atoms in total. The van der Waals surface area contributed by atoms with Gasteiger partial charge >= 0.3 is 17.9 Å². The van der Waals surface area contributed by atoms with Gasteiger partial charge in [0.2, 0.25) is 5.41 Å². The average molecular weight is 428 g/mol. The van der Waals surface area contributed by atoms with Crippen molar-refractivity contribution in [2.45, 2.75) is 52.4 Å². The van der Waals surface area contributed by atoms with Crippen molar-refractivity contribution in [2.75, 3.05) is 18.5 Å². The monoisotopic (exact) mass is 427 g/mol. The summed E-state index contributed by atoms with van der Waals surface area (Å²) in [6.07, 6.45) is -1.76. The molecule has 1 aromatic rings. The van der Waals surface area contributed by atoms with Gasteiger partial charge in [0.15, 0.2) is 6.04 Å². The number of aliphatic hydroxyl groups excluding tert-OH is 1. The molecule has 0 aromatic heterocycles. The molecule has 1 aliphatic heterocycles. The lowest BCUT2D eigenvalue weighted by Gasteiger charge is -2.43. The third-order valence-corrected chi connectivity index (χ3v) is 4.60. The third-order valence-electron chi connectivity index (χ3n) is 4.36. The van der Waals surface area contributed by atoms with Gasteiger partial charge in [-0.15, -0.1) is 0 Å². The van der Waals surface area contributed by atoms with Gasteiger partial charge in [0.25, 0.3) is 0 Å². The summed E-state index contributed by atoms with van der Waals surface area (Å²) < 4.78 is 15.6. The second-order valence-electron chi connectivity index (χ2n) is 7.55. The Kier molecular flexibility index (Phi) is 6.80. The number of nitrogens with one attached hydrogen (secondary N) is 1. The van der Waals surface area contributed by atoms with Gasteiger partial charge in [-0.25, -0.2) is 4.79 Å². The van der Waals surface area contributed by atoms with Gasteiger partial charge in [0.1, 0.15) is 11.7 Å². The molecule has 0 saturated carbocycles. The van der Waals surface area contributed by atoms with Crippen molar-refractivity contribution >= 4 is 35.2 Å². The Morgan fingerprint density at radius 1 is 1.14 bits per heavy atom.